The van der Waals surface area contributed by atoms with E-state index in [4.69, 9.17) is 34.8 Å². The normalized spacial score (nSPS) is 12.2. The maximum atomic E-state index is 12.3. The quantitative estimate of drug-likeness (QED) is 0.609. The second-order valence-corrected chi connectivity index (χ2v) is 7.34. The van der Waals surface area contributed by atoms with Gasteiger partial charge in [0.2, 0.25) is 0 Å². The van der Waals surface area contributed by atoms with Gasteiger partial charge in [-0.1, -0.05) is 77.3 Å². The van der Waals surface area contributed by atoms with Crippen molar-refractivity contribution in [2.75, 3.05) is 11.9 Å². The Morgan fingerprint density at radius 1 is 1.04 bits per heavy atom. The van der Waals surface area contributed by atoms with Gasteiger partial charge in [-0.2, -0.15) is 0 Å². The van der Waals surface area contributed by atoms with Crippen LogP contribution >= 0.6 is 34.8 Å². The molecule has 3 aromatic carbocycles. The number of amides is 1. The Balaban J connectivity index is 1.68. The van der Waals surface area contributed by atoms with Crippen molar-refractivity contribution in [1.29, 1.82) is 0 Å². The van der Waals surface area contributed by atoms with Crippen LogP contribution in [0.15, 0.2) is 54.6 Å². The van der Waals surface area contributed by atoms with Crippen LogP contribution in [-0.2, 0) is 4.79 Å². The lowest BCUT2D eigenvalue weighted by Crippen LogP contribution is -2.86. The molecule has 3 aromatic rings. The van der Waals surface area contributed by atoms with Gasteiger partial charge in [0.1, 0.15) is 6.04 Å². The van der Waals surface area contributed by atoms with Crippen molar-refractivity contribution in [3.8, 4) is 0 Å². The minimum Gasteiger partial charge on any atom is -0.332 e. The van der Waals surface area contributed by atoms with Crippen LogP contribution in [0.2, 0.25) is 15.1 Å². The Hall–Kier alpha value is -1.78. The number of hydrogen-bond acceptors (Lipinski definition) is 1. The third kappa shape index (κ3) is 4.30. The lowest BCUT2D eigenvalue weighted by Gasteiger charge is -2.14. The highest BCUT2D eigenvalue weighted by atomic mass is 35.5. The van der Waals surface area contributed by atoms with E-state index >= 15 is 0 Å². The van der Waals surface area contributed by atoms with Gasteiger partial charge in [-0.05, 0) is 29.8 Å². The number of nitrogens with one attached hydrogen (secondary N) is 1. The molecule has 0 radical (unpaired) electrons. The van der Waals surface area contributed by atoms with Crippen molar-refractivity contribution in [3.63, 3.8) is 0 Å². The Morgan fingerprint density at radius 3 is 2.42 bits per heavy atom. The highest BCUT2D eigenvalue weighted by molar-refractivity contribution is 6.42. The van der Waals surface area contributed by atoms with E-state index in [1.165, 1.54) is 16.3 Å². The molecule has 0 unspecified atom stereocenters. The second-order valence-electron chi connectivity index (χ2n) is 6.09. The molecule has 0 aromatic heterocycles. The zero-order valence-electron chi connectivity index (χ0n) is 14.1. The highest BCUT2D eigenvalue weighted by Crippen LogP contribution is 2.33. The van der Waals surface area contributed by atoms with E-state index in [2.05, 4.69) is 36.5 Å². The molecule has 6 heteroatoms. The van der Waals surface area contributed by atoms with Crippen molar-refractivity contribution in [2.24, 2.45) is 0 Å². The number of anilines is 1. The Bertz CT molecular complexity index is 930. The van der Waals surface area contributed by atoms with Gasteiger partial charge in [-0.3, -0.25) is 4.79 Å². The standard InChI is InChI=1S/C20H17Cl3N2O/c1-12(15-8-4-6-13-5-2-3-7-16(13)15)24-11-19(26)25-20-17(22)9-14(21)10-18(20)23/h2-10,12,24H,11H2,1H3,(H,25,26)/p+1/t12-/m1/s1. The average Bonchev–Trinajstić information content (AvgIpc) is 2.62. The summed E-state index contributed by atoms with van der Waals surface area (Å²) < 4.78 is 0. The summed E-state index contributed by atoms with van der Waals surface area (Å²) in [6.07, 6.45) is 0. The van der Waals surface area contributed by atoms with Crippen LogP contribution in [0.3, 0.4) is 0 Å². The number of fused-ring (bicyclic) bond motifs is 1. The first-order valence-corrected chi connectivity index (χ1v) is 9.34. The summed E-state index contributed by atoms with van der Waals surface area (Å²) >= 11 is 18.1. The van der Waals surface area contributed by atoms with Crippen molar-refractivity contribution in [2.45, 2.75) is 13.0 Å². The summed E-state index contributed by atoms with van der Waals surface area (Å²) in [6.45, 7) is 2.33. The molecule has 1 amide bonds. The smallest absolute Gasteiger partial charge is 0.279 e. The van der Waals surface area contributed by atoms with Crippen LogP contribution in [0, 0.1) is 0 Å². The van der Waals surface area contributed by atoms with Crippen LogP contribution in [0.4, 0.5) is 5.69 Å². The number of carbonyl (C=O) groups excluding carboxylic acids is 1. The Morgan fingerprint density at radius 2 is 1.69 bits per heavy atom. The van der Waals surface area contributed by atoms with Crippen LogP contribution in [0.1, 0.15) is 18.5 Å². The molecule has 0 bridgehead atoms. The number of hydrogen-bond donors (Lipinski definition) is 2. The molecule has 0 saturated heterocycles. The molecule has 0 heterocycles. The van der Waals surface area contributed by atoms with Gasteiger partial charge in [0.05, 0.1) is 15.7 Å². The van der Waals surface area contributed by atoms with Gasteiger partial charge in [-0.15, -0.1) is 0 Å². The van der Waals surface area contributed by atoms with E-state index in [9.17, 15) is 4.79 Å². The molecule has 0 saturated carbocycles. The molecule has 0 spiro atoms. The molecule has 3 rings (SSSR count). The summed E-state index contributed by atoms with van der Waals surface area (Å²) in [5, 5.41) is 8.18. The van der Waals surface area contributed by atoms with Crippen molar-refractivity contribution in [3.05, 3.63) is 75.2 Å². The van der Waals surface area contributed by atoms with E-state index in [1.54, 1.807) is 12.1 Å². The highest BCUT2D eigenvalue weighted by Gasteiger charge is 2.16. The zero-order valence-corrected chi connectivity index (χ0v) is 16.4. The fourth-order valence-electron chi connectivity index (χ4n) is 2.91. The van der Waals surface area contributed by atoms with Crippen LogP contribution < -0.4 is 10.6 Å². The topological polar surface area (TPSA) is 45.7 Å². The van der Waals surface area contributed by atoms with Crippen LogP contribution in [0.25, 0.3) is 10.8 Å². The van der Waals surface area contributed by atoms with E-state index in [-0.39, 0.29) is 18.5 Å². The minimum absolute atomic E-state index is 0.128. The fraction of sp³-hybridized carbons (Fsp3) is 0.150. The molecule has 1 atom stereocenters. The first kappa shape index (κ1) is 19.0. The molecule has 0 aliphatic carbocycles. The first-order valence-electron chi connectivity index (χ1n) is 8.21. The van der Waals surface area contributed by atoms with Crippen LogP contribution in [0.5, 0.6) is 0 Å². The molecule has 26 heavy (non-hydrogen) atoms. The number of carbonyl (C=O) groups is 1. The maximum Gasteiger partial charge on any atom is 0.279 e. The monoisotopic (exact) mass is 407 g/mol. The molecule has 134 valence electrons. The molecule has 3 nitrogen and oxygen atoms in total. The van der Waals surface area contributed by atoms with E-state index in [0.717, 1.165) is 0 Å². The minimum atomic E-state index is -0.178. The van der Waals surface area contributed by atoms with Crippen LogP contribution in [-0.4, -0.2) is 12.5 Å². The molecule has 0 aliphatic rings. The third-order valence-corrected chi connectivity index (χ3v) is 5.06. The maximum absolute atomic E-state index is 12.3. The van der Waals surface area contributed by atoms with Crippen molar-refractivity contribution in [1.82, 2.24) is 0 Å². The largest absolute Gasteiger partial charge is 0.332 e. The lowest BCUT2D eigenvalue weighted by atomic mass is 10.00. The Kier molecular flexibility index (Phi) is 6.05. The number of nitrogens with two attached hydrogens (primary N) is 1. The van der Waals surface area contributed by atoms with Gasteiger partial charge in [0.15, 0.2) is 6.54 Å². The summed E-state index contributed by atoms with van der Waals surface area (Å²) in [6, 6.07) is 17.7. The van der Waals surface area contributed by atoms with E-state index in [0.29, 0.717) is 20.8 Å². The average molecular weight is 409 g/mol. The first-order chi connectivity index (χ1) is 12.5. The number of rotatable bonds is 5. The molecule has 0 aliphatic heterocycles. The fourth-order valence-corrected chi connectivity index (χ4v) is 3.82. The SMILES string of the molecule is C[C@@H]([NH2+]CC(=O)Nc1c(Cl)cc(Cl)cc1Cl)c1cccc2ccccc12. The number of benzene rings is 3. The molecular weight excluding hydrogens is 391 g/mol. The number of quaternary nitrogens is 1. The molecular formula is C20H18Cl3N2O+. The van der Waals surface area contributed by atoms with Crippen molar-refractivity contribution < 1.29 is 10.1 Å². The van der Waals surface area contributed by atoms with Gasteiger partial charge in [0, 0.05) is 10.6 Å². The number of halogens is 3. The molecule has 3 N–H and O–H groups in total. The Labute approximate surface area is 167 Å². The van der Waals surface area contributed by atoms with Gasteiger partial charge in [0.25, 0.3) is 5.91 Å². The molecule has 0 fully saturated rings. The predicted molar refractivity (Wildman–Crippen MR) is 109 cm³/mol. The summed E-state index contributed by atoms with van der Waals surface area (Å²) in [7, 11) is 0. The summed E-state index contributed by atoms with van der Waals surface area (Å²) in [4.78, 5) is 12.3. The zero-order chi connectivity index (χ0) is 18.7. The summed E-state index contributed by atoms with van der Waals surface area (Å²) in [5.74, 6) is -0.178. The van der Waals surface area contributed by atoms with Gasteiger partial charge < -0.3 is 10.6 Å². The third-order valence-electron chi connectivity index (χ3n) is 4.24. The van der Waals surface area contributed by atoms with E-state index in [1.807, 2.05) is 23.5 Å². The van der Waals surface area contributed by atoms with Gasteiger partial charge >= 0.3 is 0 Å². The summed E-state index contributed by atoms with van der Waals surface area (Å²) in [5.41, 5.74) is 1.58. The lowest BCUT2D eigenvalue weighted by molar-refractivity contribution is -0.682. The predicted octanol–water partition coefficient (Wildman–Crippen LogP) is 5.06. The van der Waals surface area contributed by atoms with Gasteiger partial charge in [-0.25, -0.2) is 0 Å². The van der Waals surface area contributed by atoms with E-state index < -0.39 is 0 Å². The second kappa shape index (κ2) is 8.28. The van der Waals surface area contributed by atoms with Crippen molar-refractivity contribution >= 4 is 57.2 Å².